The number of aromatic nitrogens is 5. The second kappa shape index (κ2) is 9.68. The fourth-order valence-corrected chi connectivity index (χ4v) is 5.08. The van der Waals surface area contributed by atoms with Crippen molar-refractivity contribution in [1.29, 1.82) is 0 Å². The molecule has 0 unspecified atom stereocenters. The lowest BCUT2D eigenvalue weighted by atomic mass is 10.0. The van der Waals surface area contributed by atoms with E-state index < -0.39 is 41.0 Å². The van der Waals surface area contributed by atoms with E-state index in [9.17, 15) is 32.9 Å². The van der Waals surface area contributed by atoms with Gasteiger partial charge < -0.3 is 21.2 Å². The van der Waals surface area contributed by atoms with Gasteiger partial charge in [0.05, 0.1) is 22.7 Å². The molecule has 17 heteroatoms. The maximum atomic E-state index is 13.7. The standard InChI is InChI=1S/C21H18ClF3N8O4S/c1-4-31-8(2)11(6-27-31)10-5-12(21(23,24)25)28-20-14(10)16(17(38-20)18(26)35)29-13(34)7-32-9(3)15(22)19(30-32)33(36)37/h5-6H,4,7H2,1-3H3,(H2,26,35)(H,29,34). The highest BCUT2D eigenvalue weighted by Crippen LogP contribution is 2.44. The molecule has 0 fully saturated rings. The summed E-state index contributed by atoms with van der Waals surface area (Å²) in [6, 6.07) is 0.820. The quantitative estimate of drug-likeness (QED) is 0.247. The number of carbonyl (C=O) groups excluding carboxylic acids is 2. The van der Waals surface area contributed by atoms with E-state index in [1.54, 1.807) is 11.6 Å². The predicted octanol–water partition coefficient (Wildman–Crippen LogP) is 4.31. The molecule has 0 saturated heterocycles. The van der Waals surface area contributed by atoms with Gasteiger partial charge in [-0.15, -0.1) is 11.3 Å². The zero-order valence-electron chi connectivity index (χ0n) is 19.9. The van der Waals surface area contributed by atoms with Gasteiger partial charge >= 0.3 is 12.0 Å². The Morgan fingerprint density at radius 2 is 1.92 bits per heavy atom. The molecule has 38 heavy (non-hydrogen) atoms. The normalized spacial score (nSPS) is 11.8. The highest BCUT2D eigenvalue weighted by atomic mass is 35.5. The number of hydrogen-bond donors (Lipinski definition) is 2. The van der Waals surface area contributed by atoms with Crippen LogP contribution >= 0.6 is 22.9 Å². The Bertz CT molecular complexity index is 1620. The number of nitrogens with zero attached hydrogens (tertiary/aromatic N) is 6. The van der Waals surface area contributed by atoms with Crippen LogP contribution in [-0.2, 0) is 24.1 Å². The maximum Gasteiger partial charge on any atom is 0.433 e. The number of hydrogen-bond acceptors (Lipinski definition) is 8. The van der Waals surface area contributed by atoms with Gasteiger partial charge in [-0.1, -0.05) is 11.6 Å². The topological polar surface area (TPSA) is 164 Å². The molecule has 0 atom stereocenters. The van der Waals surface area contributed by atoms with Gasteiger partial charge in [0.25, 0.3) is 5.91 Å². The fraction of sp³-hybridized carbons (Fsp3) is 0.286. The molecule has 4 aromatic heterocycles. The number of fused-ring (bicyclic) bond motifs is 1. The van der Waals surface area contributed by atoms with E-state index in [2.05, 4.69) is 20.5 Å². The maximum absolute atomic E-state index is 13.7. The largest absolute Gasteiger partial charge is 0.433 e. The second-order valence-corrected chi connectivity index (χ2v) is 9.43. The number of alkyl halides is 3. The number of aryl methyl sites for hydroxylation is 1. The number of nitro groups is 1. The number of primary amides is 1. The Kier molecular flexibility index (Phi) is 6.88. The second-order valence-electron chi connectivity index (χ2n) is 8.05. The van der Waals surface area contributed by atoms with Gasteiger partial charge in [-0.2, -0.15) is 23.0 Å². The summed E-state index contributed by atoms with van der Waals surface area (Å²) in [5.41, 5.74) is 5.21. The van der Waals surface area contributed by atoms with Crippen LogP contribution in [0.25, 0.3) is 21.3 Å². The third kappa shape index (κ3) is 4.67. The molecular formula is C21H18ClF3N8O4S. The van der Waals surface area contributed by atoms with E-state index in [0.29, 0.717) is 29.1 Å². The molecule has 200 valence electrons. The van der Waals surface area contributed by atoms with Crippen molar-refractivity contribution in [2.75, 3.05) is 5.32 Å². The first-order valence-corrected chi connectivity index (χ1v) is 12.0. The molecule has 0 aliphatic rings. The molecule has 0 bridgehead atoms. The van der Waals surface area contributed by atoms with Crippen molar-refractivity contribution in [2.45, 2.75) is 40.0 Å². The molecule has 12 nitrogen and oxygen atoms in total. The molecule has 4 heterocycles. The van der Waals surface area contributed by atoms with Crippen LogP contribution in [-0.4, -0.2) is 41.3 Å². The zero-order chi connectivity index (χ0) is 28.1. The van der Waals surface area contributed by atoms with Crippen molar-refractivity contribution in [3.63, 3.8) is 0 Å². The van der Waals surface area contributed by atoms with E-state index >= 15 is 0 Å². The number of carbonyl (C=O) groups is 2. The Morgan fingerprint density at radius 3 is 2.45 bits per heavy atom. The fourth-order valence-electron chi connectivity index (χ4n) is 3.87. The summed E-state index contributed by atoms with van der Waals surface area (Å²) in [4.78, 5) is 38.8. The number of pyridine rings is 1. The lowest BCUT2D eigenvalue weighted by Crippen LogP contribution is -2.22. The first-order valence-electron chi connectivity index (χ1n) is 10.8. The van der Waals surface area contributed by atoms with Crippen molar-refractivity contribution >= 4 is 56.5 Å². The van der Waals surface area contributed by atoms with Crippen LogP contribution in [0.1, 0.15) is 33.7 Å². The third-order valence-electron chi connectivity index (χ3n) is 5.72. The molecular weight excluding hydrogens is 553 g/mol. The summed E-state index contributed by atoms with van der Waals surface area (Å²) in [5.74, 6) is -2.45. The molecule has 0 radical (unpaired) electrons. The van der Waals surface area contributed by atoms with Crippen molar-refractivity contribution in [2.24, 2.45) is 5.73 Å². The summed E-state index contributed by atoms with van der Waals surface area (Å²) in [7, 11) is 0. The van der Waals surface area contributed by atoms with E-state index in [0.717, 1.165) is 10.7 Å². The molecule has 0 saturated carbocycles. The first kappa shape index (κ1) is 27.0. The Balaban J connectivity index is 1.89. The van der Waals surface area contributed by atoms with E-state index in [1.807, 2.05) is 6.92 Å². The van der Waals surface area contributed by atoms with E-state index in [1.165, 1.54) is 13.1 Å². The average Bonchev–Trinajstić information content (AvgIpc) is 3.47. The molecule has 4 aromatic rings. The number of nitrogens with two attached hydrogens (primary N) is 1. The zero-order valence-corrected chi connectivity index (χ0v) is 21.5. The Morgan fingerprint density at radius 1 is 1.24 bits per heavy atom. The summed E-state index contributed by atoms with van der Waals surface area (Å²) in [6.45, 7) is 4.79. The SMILES string of the molecule is CCn1ncc(-c2cc(C(F)(F)F)nc3sc(C(N)=O)c(NC(=O)Cn4nc([N+](=O)[O-])c(Cl)c4C)c23)c1C. The number of halogens is 4. The van der Waals surface area contributed by atoms with Crippen LogP contribution in [0.4, 0.5) is 24.7 Å². The molecule has 0 aliphatic carbocycles. The monoisotopic (exact) mass is 570 g/mol. The van der Waals surface area contributed by atoms with E-state index in [-0.39, 0.29) is 37.1 Å². The van der Waals surface area contributed by atoms with Crippen molar-refractivity contribution in [3.05, 3.63) is 49.4 Å². The minimum absolute atomic E-state index is 0.0347. The molecule has 0 spiro atoms. The molecule has 3 N–H and O–H groups in total. The van der Waals surface area contributed by atoms with E-state index in [4.69, 9.17) is 17.3 Å². The van der Waals surface area contributed by atoms with Crippen molar-refractivity contribution < 1.29 is 27.7 Å². The summed E-state index contributed by atoms with van der Waals surface area (Å²) in [5, 5.41) is 21.3. The Hall–Kier alpha value is -4.05. The number of amides is 2. The number of anilines is 1. The lowest BCUT2D eigenvalue weighted by Gasteiger charge is -2.12. The van der Waals surface area contributed by atoms with Crippen molar-refractivity contribution in [3.8, 4) is 11.1 Å². The highest BCUT2D eigenvalue weighted by molar-refractivity contribution is 7.21. The van der Waals surface area contributed by atoms with Gasteiger partial charge in [-0.3, -0.25) is 14.3 Å². The van der Waals surface area contributed by atoms with Crippen LogP contribution in [0.15, 0.2) is 12.3 Å². The van der Waals surface area contributed by atoms with Gasteiger partial charge in [0, 0.05) is 23.2 Å². The van der Waals surface area contributed by atoms with Gasteiger partial charge in [0.15, 0.2) is 5.02 Å². The molecule has 0 aromatic carbocycles. The van der Waals surface area contributed by atoms with Crippen molar-refractivity contribution in [1.82, 2.24) is 24.5 Å². The predicted molar refractivity (Wildman–Crippen MR) is 132 cm³/mol. The minimum Gasteiger partial charge on any atom is -0.365 e. The summed E-state index contributed by atoms with van der Waals surface area (Å²) >= 11 is 6.52. The van der Waals surface area contributed by atoms with Crippen LogP contribution in [0.5, 0.6) is 0 Å². The number of thiophene rings is 1. The number of rotatable bonds is 7. The van der Waals surface area contributed by atoms with Crippen LogP contribution < -0.4 is 11.1 Å². The van der Waals surface area contributed by atoms with Gasteiger partial charge in [-0.25, -0.2) is 4.98 Å². The first-order chi connectivity index (χ1) is 17.7. The van der Waals surface area contributed by atoms with Gasteiger partial charge in [-0.05, 0) is 37.3 Å². The minimum atomic E-state index is -4.80. The van der Waals surface area contributed by atoms with Gasteiger partial charge in [0.2, 0.25) is 5.91 Å². The molecule has 0 aliphatic heterocycles. The highest BCUT2D eigenvalue weighted by Gasteiger charge is 2.35. The van der Waals surface area contributed by atoms with Crippen LogP contribution in [0.3, 0.4) is 0 Å². The van der Waals surface area contributed by atoms with Gasteiger partial charge in [0.1, 0.15) is 21.9 Å². The summed E-state index contributed by atoms with van der Waals surface area (Å²) in [6.07, 6.45) is -3.42. The third-order valence-corrected chi connectivity index (χ3v) is 7.26. The van der Waals surface area contributed by atoms with Crippen LogP contribution in [0, 0.1) is 24.0 Å². The van der Waals surface area contributed by atoms with Crippen LogP contribution in [0.2, 0.25) is 5.02 Å². The molecule has 4 rings (SSSR count). The lowest BCUT2D eigenvalue weighted by molar-refractivity contribution is -0.389. The summed E-state index contributed by atoms with van der Waals surface area (Å²) < 4.78 is 43.7. The number of nitrogens with one attached hydrogen (secondary N) is 1. The average molecular weight is 571 g/mol. The Labute approximate surface area is 220 Å². The smallest absolute Gasteiger partial charge is 0.365 e. The molecule has 2 amide bonds.